The van der Waals surface area contributed by atoms with Crippen molar-refractivity contribution >= 4 is 11.3 Å². The second kappa shape index (κ2) is 6.83. The van der Waals surface area contributed by atoms with E-state index in [1.165, 1.54) is 15.4 Å². The first-order chi connectivity index (χ1) is 9.20. The average molecular weight is 274 g/mol. The summed E-state index contributed by atoms with van der Waals surface area (Å²) in [5.74, 6) is 0.522. The van der Waals surface area contributed by atoms with Gasteiger partial charge >= 0.3 is 0 Å². The fraction of sp³-hybridized carbons (Fsp3) is 0.438. The van der Waals surface area contributed by atoms with Gasteiger partial charge in [-0.2, -0.15) is 0 Å². The molecule has 0 aliphatic heterocycles. The van der Waals surface area contributed by atoms with Crippen molar-refractivity contribution in [3.8, 4) is 0 Å². The highest BCUT2D eigenvalue weighted by Gasteiger charge is 2.11. The molecule has 0 saturated heterocycles. The van der Waals surface area contributed by atoms with Crippen LogP contribution in [0.3, 0.4) is 0 Å². The summed E-state index contributed by atoms with van der Waals surface area (Å²) in [5.41, 5.74) is 1.38. The predicted molar refractivity (Wildman–Crippen MR) is 82.8 cm³/mol. The molecule has 0 spiro atoms. The minimum atomic E-state index is 0.330. The molecule has 2 atom stereocenters. The Morgan fingerprint density at radius 2 is 1.95 bits per heavy atom. The van der Waals surface area contributed by atoms with Crippen molar-refractivity contribution in [1.29, 1.82) is 0 Å². The number of benzene rings is 1. The summed E-state index contributed by atoms with van der Waals surface area (Å²) >= 11 is 1.81. The van der Waals surface area contributed by atoms with Crippen LogP contribution in [0.1, 0.15) is 48.2 Å². The van der Waals surface area contributed by atoms with E-state index < -0.39 is 0 Å². The van der Waals surface area contributed by atoms with Gasteiger partial charge < -0.3 is 5.32 Å². The summed E-state index contributed by atoms with van der Waals surface area (Å²) in [6, 6.07) is 11.0. The Labute approximate surface area is 119 Å². The third-order valence-electron chi connectivity index (χ3n) is 3.39. The Morgan fingerprint density at radius 3 is 2.58 bits per heavy atom. The van der Waals surface area contributed by atoms with Crippen LogP contribution in [-0.4, -0.2) is 11.5 Å². The molecular formula is C16H22N2S. The third kappa shape index (κ3) is 3.88. The molecule has 1 aromatic carbocycles. The molecule has 19 heavy (non-hydrogen) atoms. The van der Waals surface area contributed by atoms with E-state index in [2.05, 4.69) is 61.4 Å². The lowest BCUT2D eigenvalue weighted by molar-refractivity contribution is 0.535. The van der Waals surface area contributed by atoms with E-state index in [1.807, 2.05) is 17.5 Å². The lowest BCUT2D eigenvalue weighted by atomic mass is 10.0. The molecule has 1 N–H and O–H groups in total. The van der Waals surface area contributed by atoms with Gasteiger partial charge in [-0.1, -0.05) is 44.2 Å². The topological polar surface area (TPSA) is 24.9 Å². The predicted octanol–water partition coefficient (Wildman–Crippen LogP) is 4.16. The Bertz CT molecular complexity index is 492. The number of thiazole rings is 1. The first-order valence-corrected chi connectivity index (χ1v) is 7.75. The molecule has 1 aromatic heterocycles. The number of rotatable bonds is 6. The Hall–Kier alpha value is -1.19. The molecule has 3 heteroatoms. The fourth-order valence-corrected chi connectivity index (χ4v) is 2.91. The minimum Gasteiger partial charge on any atom is -0.308 e. The van der Waals surface area contributed by atoms with Crippen LogP contribution in [0.4, 0.5) is 0 Å². The molecule has 102 valence electrons. The lowest BCUT2D eigenvalue weighted by Gasteiger charge is -2.16. The molecule has 0 saturated carbocycles. The zero-order chi connectivity index (χ0) is 13.7. The summed E-state index contributed by atoms with van der Waals surface area (Å²) in [4.78, 5) is 5.85. The highest BCUT2D eigenvalue weighted by atomic mass is 32.1. The van der Waals surface area contributed by atoms with Crippen molar-refractivity contribution in [3.05, 3.63) is 52.0 Å². The van der Waals surface area contributed by atoms with Gasteiger partial charge in [-0.25, -0.2) is 4.98 Å². The van der Waals surface area contributed by atoms with E-state index in [9.17, 15) is 0 Å². The standard InChI is InChI=1S/C16H22N2S/c1-4-15-11-18-16(19-15)13(3)17-10-12(2)14-8-6-5-7-9-14/h5-9,11-13,17H,4,10H2,1-3H3. The minimum absolute atomic E-state index is 0.330. The molecular weight excluding hydrogens is 252 g/mol. The molecule has 0 fully saturated rings. The van der Waals surface area contributed by atoms with E-state index in [0.717, 1.165) is 13.0 Å². The van der Waals surface area contributed by atoms with Crippen LogP contribution in [0.25, 0.3) is 0 Å². The number of aryl methyl sites for hydroxylation is 1. The van der Waals surface area contributed by atoms with Crippen LogP contribution >= 0.6 is 11.3 Å². The highest BCUT2D eigenvalue weighted by Crippen LogP contribution is 2.21. The smallest absolute Gasteiger partial charge is 0.109 e. The quantitative estimate of drug-likeness (QED) is 0.855. The Morgan fingerprint density at radius 1 is 1.21 bits per heavy atom. The molecule has 0 radical (unpaired) electrons. The van der Waals surface area contributed by atoms with Gasteiger partial charge in [0.15, 0.2) is 0 Å². The van der Waals surface area contributed by atoms with Gasteiger partial charge in [-0.3, -0.25) is 0 Å². The van der Waals surface area contributed by atoms with Gasteiger partial charge in [0.1, 0.15) is 5.01 Å². The maximum Gasteiger partial charge on any atom is 0.109 e. The van der Waals surface area contributed by atoms with Crippen LogP contribution in [0, 0.1) is 0 Å². The number of hydrogen-bond donors (Lipinski definition) is 1. The SMILES string of the molecule is CCc1cnc(C(C)NCC(C)c2ccccc2)s1. The van der Waals surface area contributed by atoms with Crippen molar-refractivity contribution in [2.75, 3.05) is 6.54 Å². The molecule has 0 bridgehead atoms. The zero-order valence-electron chi connectivity index (χ0n) is 11.9. The first kappa shape index (κ1) is 14.2. The van der Waals surface area contributed by atoms with E-state index in [0.29, 0.717) is 12.0 Å². The molecule has 1 heterocycles. The van der Waals surface area contributed by atoms with Crippen molar-refractivity contribution in [3.63, 3.8) is 0 Å². The maximum atomic E-state index is 4.49. The second-order valence-electron chi connectivity index (χ2n) is 4.96. The lowest BCUT2D eigenvalue weighted by Crippen LogP contribution is -2.23. The summed E-state index contributed by atoms with van der Waals surface area (Å²) in [6.45, 7) is 7.60. The molecule has 2 rings (SSSR count). The number of aromatic nitrogens is 1. The van der Waals surface area contributed by atoms with Crippen molar-refractivity contribution in [2.24, 2.45) is 0 Å². The summed E-state index contributed by atoms with van der Waals surface area (Å²) in [7, 11) is 0. The number of hydrogen-bond acceptors (Lipinski definition) is 3. The summed E-state index contributed by atoms with van der Waals surface area (Å²) < 4.78 is 0. The van der Waals surface area contributed by atoms with Crippen molar-refractivity contribution in [1.82, 2.24) is 10.3 Å². The van der Waals surface area contributed by atoms with Gasteiger partial charge in [-0.15, -0.1) is 11.3 Å². The van der Waals surface area contributed by atoms with Crippen LogP contribution in [0.15, 0.2) is 36.5 Å². The average Bonchev–Trinajstić information content (AvgIpc) is 2.94. The third-order valence-corrected chi connectivity index (χ3v) is 4.71. The van der Waals surface area contributed by atoms with E-state index in [4.69, 9.17) is 0 Å². The number of nitrogens with zero attached hydrogens (tertiary/aromatic N) is 1. The molecule has 0 amide bonds. The second-order valence-corrected chi connectivity index (χ2v) is 6.11. The molecule has 2 nitrogen and oxygen atoms in total. The van der Waals surface area contributed by atoms with Gasteiger partial charge in [0.2, 0.25) is 0 Å². The Kier molecular flexibility index (Phi) is 5.11. The monoisotopic (exact) mass is 274 g/mol. The van der Waals surface area contributed by atoms with Gasteiger partial charge in [-0.05, 0) is 24.8 Å². The summed E-state index contributed by atoms with van der Waals surface area (Å²) in [6.07, 6.45) is 3.07. The van der Waals surface area contributed by atoms with Crippen molar-refractivity contribution < 1.29 is 0 Å². The van der Waals surface area contributed by atoms with Crippen LogP contribution < -0.4 is 5.32 Å². The van der Waals surface area contributed by atoms with Gasteiger partial charge in [0, 0.05) is 17.6 Å². The van der Waals surface area contributed by atoms with Crippen LogP contribution in [-0.2, 0) is 6.42 Å². The Balaban J connectivity index is 1.88. The molecule has 0 aliphatic carbocycles. The summed E-state index contributed by atoms with van der Waals surface area (Å²) in [5, 5.41) is 4.77. The van der Waals surface area contributed by atoms with Crippen molar-refractivity contribution in [2.45, 2.75) is 39.2 Å². The van der Waals surface area contributed by atoms with Gasteiger partial charge in [0.05, 0.1) is 6.04 Å². The largest absolute Gasteiger partial charge is 0.308 e. The molecule has 0 aliphatic rings. The van der Waals surface area contributed by atoms with E-state index in [-0.39, 0.29) is 0 Å². The normalized spacial score (nSPS) is 14.3. The molecule has 2 unspecified atom stereocenters. The first-order valence-electron chi connectivity index (χ1n) is 6.93. The van der Waals surface area contributed by atoms with Crippen LogP contribution in [0.2, 0.25) is 0 Å². The van der Waals surface area contributed by atoms with Crippen LogP contribution in [0.5, 0.6) is 0 Å². The van der Waals surface area contributed by atoms with E-state index in [1.54, 1.807) is 0 Å². The number of nitrogens with one attached hydrogen (secondary N) is 1. The zero-order valence-corrected chi connectivity index (χ0v) is 12.7. The fourth-order valence-electron chi connectivity index (χ4n) is 2.03. The molecule has 2 aromatic rings. The highest BCUT2D eigenvalue weighted by molar-refractivity contribution is 7.11. The van der Waals surface area contributed by atoms with E-state index >= 15 is 0 Å². The maximum absolute atomic E-state index is 4.49. The van der Waals surface area contributed by atoms with Gasteiger partial charge in [0.25, 0.3) is 0 Å².